The third kappa shape index (κ3) is 3.40. The van der Waals surface area contributed by atoms with E-state index in [0.29, 0.717) is 29.4 Å². The maximum absolute atomic E-state index is 13.3. The molecule has 2 atom stereocenters. The van der Waals surface area contributed by atoms with E-state index < -0.39 is 16.9 Å². The maximum atomic E-state index is 13.3. The maximum Gasteiger partial charge on any atom is 0.338 e. The number of ether oxygens (including phenoxy) is 2. The van der Waals surface area contributed by atoms with Gasteiger partial charge in [-0.3, -0.25) is 14.7 Å². The number of nitro groups is 1. The fourth-order valence-corrected chi connectivity index (χ4v) is 4.43. The van der Waals surface area contributed by atoms with Crippen LogP contribution in [0.3, 0.4) is 0 Å². The lowest BCUT2D eigenvalue weighted by atomic mass is 9.93. The molecule has 0 radical (unpaired) electrons. The van der Waals surface area contributed by atoms with Crippen LogP contribution in [0.4, 0.5) is 11.6 Å². The summed E-state index contributed by atoms with van der Waals surface area (Å²) in [5.74, 6) is -0.0143. The van der Waals surface area contributed by atoms with Gasteiger partial charge in [0.1, 0.15) is 12.6 Å². The highest BCUT2D eigenvalue weighted by Crippen LogP contribution is 2.42. The molecule has 9 nitrogen and oxygen atoms in total. The number of esters is 1. The van der Waals surface area contributed by atoms with Crippen molar-refractivity contribution in [3.05, 3.63) is 75.5 Å². The first-order chi connectivity index (χ1) is 15.5. The van der Waals surface area contributed by atoms with Gasteiger partial charge in [0.2, 0.25) is 5.95 Å². The number of carbonyl (C=O) groups is 1. The molecule has 9 heteroatoms. The molecule has 0 saturated carbocycles. The number of fused-ring (bicyclic) bond motifs is 3. The lowest BCUT2D eigenvalue weighted by molar-refractivity contribution is -0.385. The van der Waals surface area contributed by atoms with Crippen molar-refractivity contribution in [3.8, 4) is 0 Å². The highest BCUT2D eigenvalue weighted by Gasteiger charge is 2.38. The molecule has 3 aromatic rings. The van der Waals surface area contributed by atoms with E-state index in [1.54, 1.807) is 25.1 Å². The first-order valence-electron chi connectivity index (χ1n) is 10.5. The normalized spacial score (nSPS) is 20.2. The standard InChI is InChI=1S/C23H22N4O5/c1-14-20(22(28)32-13-15-7-6-12-31-15)21(16-8-2-4-10-18(16)27(29)30)26-19-11-5-3-9-17(19)25-23(26)24-14/h2-5,8-11,15,21H,6-7,12-13H2,1H3,(H,24,25)/t15-,21+/m0/s1. The zero-order chi connectivity index (χ0) is 22.2. The van der Waals surface area contributed by atoms with Gasteiger partial charge in [-0.2, -0.15) is 0 Å². The van der Waals surface area contributed by atoms with Crippen LogP contribution in [0.25, 0.3) is 11.0 Å². The van der Waals surface area contributed by atoms with Crippen LogP contribution in [0.1, 0.15) is 31.4 Å². The van der Waals surface area contributed by atoms with E-state index in [-0.39, 0.29) is 18.4 Å². The largest absolute Gasteiger partial charge is 0.459 e. The number of allylic oxidation sites excluding steroid dienone is 1. The average molecular weight is 434 g/mol. The van der Waals surface area contributed by atoms with Crippen LogP contribution < -0.4 is 5.32 Å². The molecular weight excluding hydrogens is 412 g/mol. The van der Waals surface area contributed by atoms with Gasteiger partial charge in [0.05, 0.1) is 33.2 Å². The second-order valence-corrected chi connectivity index (χ2v) is 7.91. The Labute approximate surface area is 183 Å². The number of rotatable bonds is 5. The number of para-hydroxylation sites is 3. The third-order valence-electron chi connectivity index (χ3n) is 5.90. The molecule has 1 aromatic heterocycles. The summed E-state index contributed by atoms with van der Waals surface area (Å²) in [7, 11) is 0. The molecule has 164 valence electrons. The predicted molar refractivity (Wildman–Crippen MR) is 117 cm³/mol. The molecule has 2 aliphatic heterocycles. The van der Waals surface area contributed by atoms with Crippen LogP contribution in [0.2, 0.25) is 0 Å². The fourth-order valence-electron chi connectivity index (χ4n) is 4.43. The Balaban J connectivity index is 1.64. The smallest absolute Gasteiger partial charge is 0.338 e. The van der Waals surface area contributed by atoms with Gasteiger partial charge < -0.3 is 14.8 Å². The van der Waals surface area contributed by atoms with E-state index in [1.807, 2.05) is 28.8 Å². The molecule has 3 heterocycles. The van der Waals surface area contributed by atoms with Crippen molar-refractivity contribution < 1.29 is 19.2 Å². The van der Waals surface area contributed by atoms with Gasteiger partial charge in [-0.1, -0.05) is 24.3 Å². The number of anilines is 1. The Bertz CT molecular complexity index is 1240. The van der Waals surface area contributed by atoms with E-state index in [4.69, 9.17) is 9.47 Å². The second kappa shape index (κ2) is 8.08. The summed E-state index contributed by atoms with van der Waals surface area (Å²) < 4.78 is 13.0. The van der Waals surface area contributed by atoms with Crippen molar-refractivity contribution in [1.82, 2.24) is 9.55 Å². The van der Waals surface area contributed by atoms with Crippen molar-refractivity contribution in [2.75, 3.05) is 18.5 Å². The lowest BCUT2D eigenvalue weighted by Gasteiger charge is -2.30. The summed E-state index contributed by atoms with van der Waals surface area (Å²) >= 11 is 0. The number of carbonyl (C=O) groups excluding carboxylic acids is 1. The van der Waals surface area contributed by atoms with Crippen LogP contribution in [-0.2, 0) is 14.3 Å². The van der Waals surface area contributed by atoms with Gasteiger partial charge in [0.25, 0.3) is 5.69 Å². The molecule has 0 aliphatic carbocycles. The number of imidazole rings is 1. The third-order valence-corrected chi connectivity index (χ3v) is 5.90. The topological polar surface area (TPSA) is 109 Å². The number of benzene rings is 2. The van der Waals surface area contributed by atoms with Crippen LogP contribution in [0.5, 0.6) is 0 Å². The molecule has 32 heavy (non-hydrogen) atoms. The minimum Gasteiger partial charge on any atom is -0.459 e. The summed E-state index contributed by atoms with van der Waals surface area (Å²) in [5, 5.41) is 15.0. The van der Waals surface area contributed by atoms with Gasteiger partial charge in [-0.25, -0.2) is 9.78 Å². The zero-order valence-corrected chi connectivity index (χ0v) is 17.5. The zero-order valence-electron chi connectivity index (χ0n) is 17.5. The molecule has 5 rings (SSSR count). The molecule has 1 saturated heterocycles. The Hall–Kier alpha value is -3.72. The van der Waals surface area contributed by atoms with Crippen molar-refractivity contribution in [2.45, 2.75) is 31.9 Å². The van der Waals surface area contributed by atoms with Crippen molar-refractivity contribution in [3.63, 3.8) is 0 Å². The molecule has 0 unspecified atom stereocenters. The lowest BCUT2D eigenvalue weighted by Crippen LogP contribution is -2.30. The Morgan fingerprint density at radius 3 is 2.84 bits per heavy atom. The number of hydrogen-bond acceptors (Lipinski definition) is 7. The second-order valence-electron chi connectivity index (χ2n) is 7.91. The van der Waals surface area contributed by atoms with Crippen molar-refractivity contribution >= 4 is 28.6 Å². The predicted octanol–water partition coefficient (Wildman–Crippen LogP) is 3.96. The molecule has 0 spiro atoms. The molecule has 0 amide bonds. The summed E-state index contributed by atoms with van der Waals surface area (Å²) in [6, 6.07) is 13.2. The highest BCUT2D eigenvalue weighted by atomic mass is 16.6. The quantitative estimate of drug-likeness (QED) is 0.368. The first-order valence-corrected chi connectivity index (χ1v) is 10.5. The Morgan fingerprint density at radius 1 is 1.28 bits per heavy atom. The minimum absolute atomic E-state index is 0.0691. The number of nitro benzene ring substituents is 1. The van der Waals surface area contributed by atoms with Crippen molar-refractivity contribution in [1.29, 1.82) is 0 Å². The van der Waals surface area contributed by atoms with Crippen LogP contribution in [-0.4, -0.2) is 39.8 Å². The first kappa shape index (κ1) is 20.2. The van der Waals surface area contributed by atoms with E-state index in [1.165, 1.54) is 6.07 Å². The number of aromatic nitrogens is 2. The van der Waals surface area contributed by atoms with Gasteiger partial charge >= 0.3 is 5.97 Å². The SMILES string of the molecule is CC1=C(C(=O)OC[C@@H]2CCCO2)[C@@H](c2ccccc2[N+](=O)[O-])n2c(nc3ccccc32)N1. The van der Waals surface area contributed by atoms with E-state index in [0.717, 1.165) is 23.9 Å². The Kier molecular flexibility index (Phi) is 5.10. The van der Waals surface area contributed by atoms with Crippen molar-refractivity contribution in [2.24, 2.45) is 0 Å². The Morgan fingerprint density at radius 2 is 2.06 bits per heavy atom. The van der Waals surface area contributed by atoms with E-state index in [2.05, 4.69) is 10.3 Å². The fraction of sp³-hybridized carbons (Fsp3) is 0.304. The average Bonchev–Trinajstić information content (AvgIpc) is 3.44. The number of nitrogens with zero attached hydrogens (tertiary/aromatic N) is 3. The van der Waals surface area contributed by atoms with Crippen LogP contribution in [0.15, 0.2) is 59.8 Å². The summed E-state index contributed by atoms with van der Waals surface area (Å²) in [6.07, 6.45) is 1.66. The van der Waals surface area contributed by atoms with Crippen LogP contribution >= 0.6 is 0 Å². The highest BCUT2D eigenvalue weighted by molar-refractivity contribution is 5.94. The monoisotopic (exact) mass is 434 g/mol. The summed E-state index contributed by atoms with van der Waals surface area (Å²) in [6.45, 7) is 2.57. The van der Waals surface area contributed by atoms with Crippen LogP contribution in [0, 0.1) is 10.1 Å². The molecule has 1 N–H and O–H groups in total. The molecular formula is C23H22N4O5. The molecule has 0 bridgehead atoms. The minimum atomic E-state index is -0.766. The van der Waals surface area contributed by atoms with Gasteiger partial charge in [0.15, 0.2) is 0 Å². The number of hydrogen-bond donors (Lipinski definition) is 1. The summed E-state index contributed by atoms with van der Waals surface area (Å²) in [4.78, 5) is 29.4. The molecule has 1 fully saturated rings. The van der Waals surface area contributed by atoms with E-state index in [9.17, 15) is 14.9 Å². The molecule has 2 aromatic carbocycles. The number of nitrogens with one attached hydrogen (secondary N) is 1. The van der Waals surface area contributed by atoms with Gasteiger partial charge in [-0.05, 0) is 38.0 Å². The van der Waals surface area contributed by atoms with Gasteiger partial charge in [-0.15, -0.1) is 0 Å². The van der Waals surface area contributed by atoms with E-state index >= 15 is 0 Å². The summed E-state index contributed by atoms with van der Waals surface area (Å²) in [5.41, 5.74) is 2.67. The van der Waals surface area contributed by atoms with Gasteiger partial charge in [0, 0.05) is 18.4 Å². The molecule has 2 aliphatic rings.